The summed E-state index contributed by atoms with van der Waals surface area (Å²) in [7, 11) is 6.70. The van der Waals surface area contributed by atoms with E-state index in [0.717, 1.165) is 44.2 Å². The average Bonchev–Trinajstić information content (AvgIpc) is 4.14. The highest BCUT2D eigenvalue weighted by molar-refractivity contribution is 14.1. The Labute approximate surface area is 458 Å². The molecule has 21 heteroatoms. The summed E-state index contributed by atoms with van der Waals surface area (Å²) in [6, 6.07) is 27.5. The van der Waals surface area contributed by atoms with Gasteiger partial charge in [0, 0.05) is 75.1 Å². The van der Waals surface area contributed by atoms with Crippen LogP contribution in [0.4, 0.5) is 26.8 Å². The van der Waals surface area contributed by atoms with Crippen molar-refractivity contribution < 1.29 is 42.9 Å². The summed E-state index contributed by atoms with van der Waals surface area (Å²) >= 11 is 2.32. The number of pyridine rings is 1. The number of fused-ring (bicyclic) bond motifs is 3. The summed E-state index contributed by atoms with van der Waals surface area (Å²) in [5.41, 5.74) is 5.88. The number of anilines is 1. The van der Waals surface area contributed by atoms with E-state index < -0.39 is 12.1 Å². The molecule has 4 aromatic carbocycles. The van der Waals surface area contributed by atoms with Crippen LogP contribution in [-0.4, -0.2) is 125 Å². The second kappa shape index (κ2) is 24.1. The zero-order valence-electron chi connectivity index (χ0n) is 43.2. The fourth-order valence-corrected chi connectivity index (χ4v) is 9.96. The number of likely N-dealkylation sites (N-methyl/N-ethyl adjacent to an activating group) is 3. The van der Waals surface area contributed by atoms with Crippen LogP contribution in [0, 0.1) is 17.2 Å². The van der Waals surface area contributed by atoms with Gasteiger partial charge < -0.3 is 43.3 Å². The third kappa shape index (κ3) is 12.0. The van der Waals surface area contributed by atoms with E-state index in [9.17, 15) is 19.2 Å². The number of azo groups is 1. The molecular formula is C56H56IN11O9. The number of carbonyl (C=O) groups is 4. The minimum Gasteiger partial charge on any atom is -0.493 e. The molecule has 0 radical (unpaired) electrons. The Balaban J connectivity index is 0.750. The van der Waals surface area contributed by atoms with Crippen molar-refractivity contribution in [3.8, 4) is 40.3 Å². The minimum absolute atomic E-state index is 0.0108. The van der Waals surface area contributed by atoms with Gasteiger partial charge >= 0.3 is 18.1 Å². The number of esters is 1. The second-order valence-electron chi connectivity index (χ2n) is 18.8. The third-order valence-electron chi connectivity index (χ3n) is 13.8. The Morgan fingerprint density at radius 3 is 2.45 bits per heavy atom. The highest BCUT2D eigenvalue weighted by Gasteiger charge is 2.33. The predicted octanol–water partition coefficient (Wildman–Crippen LogP) is 10.0. The van der Waals surface area contributed by atoms with E-state index in [2.05, 4.69) is 49.7 Å². The maximum absolute atomic E-state index is 13.7. The van der Waals surface area contributed by atoms with Crippen molar-refractivity contribution in [2.24, 2.45) is 16.1 Å². The van der Waals surface area contributed by atoms with E-state index in [0.29, 0.717) is 70.4 Å². The number of aryl methyl sites for hydroxylation is 1. The van der Waals surface area contributed by atoms with Gasteiger partial charge in [0.15, 0.2) is 28.6 Å². The number of benzene rings is 4. The fraction of sp³-hybridized carbons (Fsp3) is 0.321. The smallest absolute Gasteiger partial charge is 0.409 e. The molecule has 0 saturated carbocycles. The topological polar surface area (TPSA) is 220 Å². The summed E-state index contributed by atoms with van der Waals surface area (Å²) in [4.78, 5) is 73.1. The lowest BCUT2D eigenvalue weighted by molar-refractivity contribution is -0.134. The monoisotopic (exact) mass is 1150 g/mol. The molecule has 77 heavy (non-hydrogen) atoms. The number of likely N-dealkylation sites (tertiary alicyclic amines) is 1. The van der Waals surface area contributed by atoms with Crippen LogP contribution in [0.2, 0.25) is 0 Å². The highest BCUT2D eigenvalue weighted by Crippen LogP contribution is 2.42. The van der Waals surface area contributed by atoms with E-state index in [1.165, 1.54) is 27.8 Å². The number of carbonyl (C=O) groups excluding carboxylic acids is 4. The molecule has 9 rings (SSSR count). The predicted molar refractivity (Wildman–Crippen MR) is 295 cm³/mol. The zero-order valence-corrected chi connectivity index (χ0v) is 45.4. The number of hydrogen-bond donors (Lipinski definition) is 0. The number of methoxy groups -OCH3 is 1. The molecule has 2 aliphatic rings. The molecule has 0 spiro atoms. The van der Waals surface area contributed by atoms with Crippen LogP contribution >= 0.6 is 22.6 Å². The first-order valence-electron chi connectivity index (χ1n) is 24.9. The normalized spacial score (nSPS) is 14.8. The molecule has 3 aromatic heterocycles. The van der Waals surface area contributed by atoms with Crippen LogP contribution in [-0.2, 0) is 31.8 Å². The summed E-state index contributed by atoms with van der Waals surface area (Å²) in [6.07, 6.45) is 5.23. The third-order valence-corrected chi connectivity index (χ3v) is 14.7. The molecular weight excluding hydrogens is 1100 g/mol. The Hall–Kier alpha value is -8.39. The molecule has 1 fully saturated rings. The highest BCUT2D eigenvalue weighted by atomic mass is 127. The van der Waals surface area contributed by atoms with Crippen LogP contribution in [0.15, 0.2) is 114 Å². The van der Waals surface area contributed by atoms with E-state index in [1.807, 2.05) is 66.5 Å². The maximum Gasteiger partial charge on any atom is 0.409 e. The molecule has 20 nitrogen and oxygen atoms in total. The zero-order chi connectivity index (χ0) is 54.2. The van der Waals surface area contributed by atoms with Crippen molar-refractivity contribution >= 4 is 85.6 Å². The Bertz CT molecular complexity index is 3420. The largest absolute Gasteiger partial charge is 0.493 e. The first-order valence-corrected chi connectivity index (χ1v) is 26.4. The molecule has 396 valence electrons. The maximum atomic E-state index is 13.7. The molecule has 0 N–H and O–H groups in total. The van der Waals surface area contributed by atoms with Crippen molar-refractivity contribution in [2.45, 2.75) is 49.7 Å². The molecule has 0 bridgehead atoms. The number of nitrogens with zero attached hydrogens (tertiary/aromatic N) is 11. The van der Waals surface area contributed by atoms with Gasteiger partial charge in [0.05, 0.1) is 48.1 Å². The quantitative estimate of drug-likeness (QED) is 0.0272. The summed E-state index contributed by atoms with van der Waals surface area (Å²) in [6.45, 7) is 3.80. The number of halogens is 1. The van der Waals surface area contributed by atoms with Crippen LogP contribution in [0.3, 0.4) is 0 Å². The molecule has 3 amide bonds. The Morgan fingerprint density at radius 1 is 0.896 bits per heavy atom. The summed E-state index contributed by atoms with van der Waals surface area (Å²) in [5, 5.41) is 20.1. The number of amides is 3. The molecule has 7 aromatic rings. The van der Waals surface area contributed by atoms with Crippen molar-refractivity contribution in [2.75, 3.05) is 66.1 Å². The Morgan fingerprint density at radius 2 is 1.68 bits per heavy atom. The van der Waals surface area contributed by atoms with E-state index >= 15 is 0 Å². The standard InChI is InChI=1S/C56H56IN11O9/c1-35-19-22-67(50(69)18-21-58)31-46(35)66(4)53-41-20-23-68(54(41)61-33-60-53)55(71)64(2)24-25-65(3)56(72)74-32-36-10-14-40(15-11-36)62-63-44-9-7-6-8-37(44)13-17-51(70)77-52-43-30-59-45(26-38(43)12-16-47(52)73-5)42-28-49-48(75-34-76-49)27-39(42)29-57/h6-12,14-16,20,23,26-28,30,33,35,46H,13,17-19,22,24-25,29,31-32,34H2,1-5H3/t35-,46+/m0/s1. The summed E-state index contributed by atoms with van der Waals surface area (Å²) < 4.78 is 30.6. The average molecular weight is 1150 g/mol. The lowest BCUT2D eigenvalue weighted by atomic mass is 9.92. The van der Waals surface area contributed by atoms with Gasteiger partial charge in [-0.1, -0.05) is 65.9 Å². The van der Waals surface area contributed by atoms with Gasteiger partial charge in [-0.25, -0.2) is 19.6 Å². The molecule has 2 aliphatic heterocycles. The van der Waals surface area contributed by atoms with Crippen LogP contribution < -0.4 is 23.8 Å². The van der Waals surface area contributed by atoms with Gasteiger partial charge in [0.2, 0.25) is 12.7 Å². The molecule has 1 saturated heterocycles. The molecule has 0 unspecified atom stereocenters. The fourth-order valence-electron chi connectivity index (χ4n) is 9.33. The van der Waals surface area contributed by atoms with Gasteiger partial charge in [-0.15, -0.1) is 0 Å². The van der Waals surface area contributed by atoms with Crippen LogP contribution in [0.25, 0.3) is 33.1 Å². The number of hydrogen-bond acceptors (Lipinski definition) is 16. The minimum atomic E-state index is -0.558. The van der Waals surface area contributed by atoms with E-state index in [-0.39, 0.29) is 69.0 Å². The van der Waals surface area contributed by atoms with Crippen molar-refractivity contribution in [3.05, 3.63) is 120 Å². The van der Waals surface area contributed by atoms with E-state index in [1.54, 1.807) is 67.8 Å². The van der Waals surface area contributed by atoms with Gasteiger partial charge in [0.25, 0.3) is 0 Å². The number of ether oxygens (including phenoxy) is 5. The number of rotatable bonds is 17. The number of aromatic nitrogens is 4. The lowest BCUT2D eigenvalue weighted by Gasteiger charge is -2.42. The van der Waals surface area contributed by atoms with Gasteiger partial charge in [-0.05, 0) is 89.4 Å². The lowest BCUT2D eigenvalue weighted by Crippen LogP contribution is -2.52. The molecule has 5 heterocycles. The van der Waals surface area contributed by atoms with Gasteiger partial charge in [-0.2, -0.15) is 15.5 Å². The van der Waals surface area contributed by atoms with Crippen LogP contribution in [0.5, 0.6) is 23.0 Å². The summed E-state index contributed by atoms with van der Waals surface area (Å²) in [5.74, 6) is 2.32. The molecule has 2 atom stereocenters. The number of nitriles is 1. The first kappa shape index (κ1) is 53.4. The Kier molecular flexibility index (Phi) is 16.7. The number of piperidine rings is 1. The second-order valence-corrected chi connectivity index (χ2v) is 19.5. The number of alkyl halides is 1. The SMILES string of the molecule is COc1ccc2cc(-c3cc4c(cc3CI)OCO4)ncc2c1OC(=O)CCc1ccccc1N=Nc1ccc(COC(=O)N(C)CCN(C)C(=O)n2ccc3c(N(C)[C@@H]4CN(C(=O)CC#N)CC[C@@H]4C)ncnc32)cc1. The van der Waals surface area contributed by atoms with Crippen molar-refractivity contribution in [1.82, 2.24) is 34.2 Å². The van der Waals surface area contributed by atoms with Crippen molar-refractivity contribution in [3.63, 3.8) is 0 Å². The van der Waals surface area contributed by atoms with Gasteiger partial charge in [0.1, 0.15) is 25.2 Å². The molecule has 0 aliphatic carbocycles. The van der Waals surface area contributed by atoms with E-state index in [4.69, 9.17) is 33.9 Å². The first-order chi connectivity index (χ1) is 37.3. The van der Waals surface area contributed by atoms with Crippen LogP contribution in [0.1, 0.15) is 42.9 Å². The van der Waals surface area contributed by atoms with Crippen molar-refractivity contribution in [1.29, 1.82) is 5.26 Å². The van der Waals surface area contributed by atoms with Gasteiger partial charge in [-0.3, -0.25) is 19.1 Å².